The Morgan fingerprint density at radius 3 is 2.04 bits per heavy atom. The lowest BCUT2D eigenvalue weighted by molar-refractivity contribution is -0.114. The van der Waals surface area contributed by atoms with Gasteiger partial charge in [-0.2, -0.15) is 0 Å². The van der Waals surface area contributed by atoms with Crippen LogP contribution in [0.5, 0.6) is 17.2 Å². The molecule has 395 valence electrons. The van der Waals surface area contributed by atoms with E-state index in [0.29, 0.717) is 98.4 Å². The number of hydrogen-bond acceptors (Lipinski definition) is 14. The first-order valence-electron chi connectivity index (χ1n) is 25.7. The average molecular weight is 1030 g/mol. The van der Waals surface area contributed by atoms with E-state index in [1.807, 2.05) is 75.2 Å². The van der Waals surface area contributed by atoms with Crippen molar-refractivity contribution in [2.45, 2.75) is 137 Å². The van der Waals surface area contributed by atoms with Crippen LogP contribution in [0.1, 0.15) is 110 Å². The number of nitrogens with zero attached hydrogens (tertiary/aromatic N) is 4. The van der Waals surface area contributed by atoms with Gasteiger partial charge in [0.05, 0.1) is 50.1 Å². The number of carbonyl (C=O) groups is 4. The van der Waals surface area contributed by atoms with Crippen molar-refractivity contribution in [3.63, 3.8) is 0 Å². The van der Waals surface area contributed by atoms with E-state index < -0.39 is 21.6 Å². The van der Waals surface area contributed by atoms with Gasteiger partial charge in [-0.1, -0.05) is 38.0 Å². The molecule has 0 saturated heterocycles. The Balaban J connectivity index is 1.19. The van der Waals surface area contributed by atoms with Gasteiger partial charge >= 0.3 is 14.5 Å². The SMILES string of the molecule is COc1cc2c(cc1OCc1cc(/C=C/C(=O)CCCOCCOCCN)cc(COc3cc4c(cc3C)C(=O)N3C=C(C)C[C@H]3[C@H](O[Si](C)(C)C(C)(C)C)N4[B]C=O)c1)N(B(C)O)[C@@H](C)[C@@H]1CC(C)=CN1C2=O. The predicted molar refractivity (Wildman–Crippen MR) is 293 cm³/mol. The maximum absolute atomic E-state index is 14.5. The second kappa shape index (κ2) is 23.9. The lowest BCUT2D eigenvalue weighted by atomic mass is 9.80. The standard InChI is InChI=1S/C55H74B2N5O11Si/c1-35-21-45-38(4)62(57(8)67)47-29-51(50(68-9)27-44(47)53(66)59(45)30-35)72-33-41-25-39(14-15-42(64)13-12-17-69-19-20-70-18-16-58)24-40(26-41)32-71-49-28-46-43(23-37(49)3)52(65)60-31-36(2)22-48(60)54(61(46)56-34-63)73-74(10,11)55(5,6)7/h14-15,23-31,34,38,45,48,54,67H,12-13,16-22,32-33,58H2,1-11H3/b15-14+/t38-,45-,48-,54-/m0/s1. The summed E-state index contributed by atoms with van der Waals surface area (Å²) in [6, 6.07) is 12.2. The zero-order chi connectivity index (χ0) is 53.6. The van der Waals surface area contributed by atoms with Gasteiger partial charge in [-0.05, 0) is 131 Å². The highest BCUT2D eigenvalue weighted by Gasteiger charge is 2.48. The molecule has 0 unspecified atom stereocenters. The molecule has 0 bridgehead atoms. The van der Waals surface area contributed by atoms with Crippen molar-refractivity contribution in [3.8, 4) is 17.2 Å². The predicted octanol–water partition coefficient (Wildman–Crippen LogP) is 8.05. The average Bonchev–Trinajstić information content (AvgIpc) is 3.91. The van der Waals surface area contributed by atoms with Gasteiger partial charge in [0.1, 0.15) is 31.4 Å². The first-order chi connectivity index (χ1) is 35.2. The highest BCUT2D eigenvalue weighted by Crippen LogP contribution is 2.45. The molecule has 19 heteroatoms. The van der Waals surface area contributed by atoms with Crippen LogP contribution in [0.3, 0.4) is 0 Å². The lowest BCUT2D eigenvalue weighted by Crippen LogP contribution is -2.57. The van der Waals surface area contributed by atoms with Gasteiger partial charge in [0, 0.05) is 61.5 Å². The van der Waals surface area contributed by atoms with Crippen molar-refractivity contribution in [1.82, 2.24) is 9.80 Å². The van der Waals surface area contributed by atoms with E-state index in [0.717, 1.165) is 39.6 Å². The Kier molecular flexibility index (Phi) is 18.1. The molecule has 7 rings (SSSR count). The first kappa shape index (κ1) is 56.0. The number of ether oxygens (including phenoxy) is 5. The summed E-state index contributed by atoms with van der Waals surface area (Å²) in [5.41, 5.74) is 12.5. The number of nitrogens with two attached hydrogens (primary N) is 1. The number of rotatable bonds is 23. The van der Waals surface area contributed by atoms with Crippen LogP contribution in [0.2, 0.25) is 25.0 Å². The largest absolute Gasteiger partial charge is 0.493 e. The van der Waals surface area contributed by atoms with Crippen molar-refractivity contribution < 1.29 is 52.3 Å². The molecule has 4 atom stereocenters. The summed E-state index contributed by atoms with van der Waals surface area (Å²) in [6.45, 7) is 22.8. The van der Waals surface area contributed by atoms with E-state index in [1.165, 1.54) is 14.5 Å². The number of allylic oxidation sites excluding steroid dienone is 1. The molecule has 0 fully saturated rings. The summed E-state index contributed by atoms with van der Waals surface area (Å²) in [5.74, 6) is 0.816. The van der Waals surface area contributed by atoms with Gasteiger partial charge in [0.25, 0.3) is 11.8 Å². The zero-order valence-electron chi connectivity index (χ0n) is 45.1. The monoisotopic (exact) mass is 1030 g/mol. The number of aryl methyl sites for hydroxylation is 1. The van der Waals surface area contributed by atoms with Gasteiger partial charge in [0.2, 0.25) is 0 Å². The van der Waals surface area contributed by atoms with Crippen molar-refractivity contribution in [3.05, 3.63) is 105 Å². The topological polar surface area (TPSA) is 183 Å². The quantitative estimate of drug-likeness (QED) is 0.0403. The smallest absolute Gasteiger partial charge is 0.409 e. The van der Waals surface area contributed by atoms with Gasteiger partial charge in [-0.25, -0.2) is 0 Å². The molecule has 0 spiro atoms. The maximum atomic E-state index is 14.5. The number of methoxy groups -OCH3 is 1. The molecule has 0 aromatic heterocycles. The fourth-order valence-electron chi connectivity index (χ4n) is 9.91. The first-order valence-corrected chi connectivity index (χ1v) is 28.6. The Labute approximate surface area is 439 Å². The summed E-state index contributed by atoms with van der Waals surface area (Å²) in [7, 11) is -0.386. The van der Waals surface area contributed by atoms with E-state index in [-0.39, 0.29) is 54.0 Å². The van der Waals surface area contributed by atoms with Crippen LogP contribution in [0.25, 0.3) is 6.08 Å². The summed E-state index contributed by atoms with van der Waals surface area (Å²) in [4.78, 5) is 61.4. The van der Waals surface area contributed by atoms with E-state index >= 15 is 0 Å². The molecule has 74 heavy (non-hydrogen) atoms. The number of benzene rings is 3. The molecule has 3 aromatic rings. The summed E-state index contributed by atoms with van der Waals surface area (Å²) >= 11 is 0. The third-order valence-electron chi connectivity index (χ3n) is 14.7. The molecule has 4 aliphatic heterocycles. The third-order valence-corrected chi connectivity index (χ3v) is 19.1. The third kappa shape index (κ3) is 12.5. The van der Waals surface area contributed by atoms with E-state index in [9.17, 15) is 24.2 Å². The van der Waals surface area contributed by atoms with E-state index in [1.54, 1.807) is 45.7 Å². The van der Waals surface area contributed by atoms with Crippen LogP contribution in [-0.4, -0.2) is 126 Å². The van der Waals surface area contributed by atoms with Crippen LogP contribution < -0.4 is 29.6 Å². The van der Waals surface area contributed by atoms with Crippen LogP contribution >= 0.6 is 0 Å². The molecule has 4 aliphatic rings. The second-order valence-electron chi connectivity index (χ2n) is 21.4. The van der Waals surface area contributed by atoms with Crippen molar-refractivity contribution in [1.29, 1.82) is 0 Å². The molecule has 16 nitrogen and oxygen atoms in total. The molecule has 0 saturated carbocycles. The minimum atomic E-state index is -2.45. The Morgan fingerprint density at radius 2 is 1.43 bits per heavy atom. The van der Waals surface area contributed by atoms with E-state index in [2.05, 4.69) is 33.9 Å². The normalized spacial score (nSPS) is 19.6. The fraction of sp³-hybridized carbons (Fsp3) is 0.491. The fourth-order valence-corrected chi connectivity index (χ4v) is 11.1. The molecule has 1 radical (unpaired) electrons. The van der Waals surface area contributed by atoms with Gasteiger partial charge in [0.15, 0.2) is 25.6 Å². The van der Waals surface area contributed by atoms with Crippen LogP contribution in [-0.2, 0) is 36.7 Å². The molecule has 3 N–H and O–H groups in total. The summed E-state index contributed by atoms with van der Waals surface area (Å²) in [5, 5.41) is 11.0. The minimum absolute atomic E-state index is 0.0616. The molecule has 2 amide bonds. The Hall–Kier alpha value is -5.69. The Bertz CT molecular complexity index is 2670. The number of fused-ring (bicyclic) bond motifs is 4. The molecular weight excluding hydrogens is 956 g/mol. The molecule has 3 aromatic carbocycles. The van der Waals surface area contributed by atoms with Gasteiger partial charge in [-0.15, -0.1) is 0 Å². The van der Waals surface area contributed by atoms with Crippen LogP contribution in [0.4, 0.5) is 11.4 Å². The number of ketones is 1. The highest BCUT2D eigenvalue weighted by atomic mass is 28.4. The maximum Gasteiger partial charge on any atom is 0.409 e. The van der Waals surface area contributed by atoms with Crippen LogP contribution in [0.15, 0.2) is 72.1 Å². The van der Waals surface area contributed by atoms with Crippen LogP contribution in [0, 0.1) is 6.92 Å². The highest BCUT2D eigenvalue weighted by molar-refractivity contribution is 6.74. The number of hydrogen-bond donors (Lipinski definition) is 2. The number of carbonyl (C=O) groups excluding carboxylic acids is 4. The van der Waals surface area contributed by atoms with E-state index in [4.69, 9.17) is 33.8 Å². The van der Waals surface area contributed by atoms with Crippen molar-refractivity contribution in [2.75, 3.05) is 49.7 Å². The molecular formula is C55H74B2N5O11Si. The lowest BCUT2D eigenvalue weighted by Gasteiger charge is -2.45. The van der Waals surface area contributed by atoms with Gasteiger partial charge < -0.3 is 63.1 Å². The van der Waals surface area contributed by atoms with Crippen molar-refractivity contribution >= 4 is 64.0 Å². The zero-order valence-corrected chi connectivity index (χ0v) is 46.1. The van der Waals surface area contributed by atoms with Gasteiger partial charge in [-0.3, -0.25) is 14.4 Å². The Morgan fingerprint density at radius 1 is 0.838 bits per heavy atom. The summed E-state index contributed by atoms with van der Waals surface area (Å²) < 4.78 is 37.1. The van der Waals surface area contributed by atoms with Crippen molar-refractivity contribution in [2.24, 2.45) is 5.73 Å². The summed E-state index contributed by atoms with van der Waals surface area (Å²) in [6.07, 6.45) is 9.34. The number of anilines is 2. The molecule has 4 heterocycles. The number of amides is 2. The minimum Gasteiger partial charge on any atom is -0.493 e. The second-order valence-corrected chi connectivity index (χ2v) is 26.1. The molecule has 0 aliphatic carbocycles.